The Hall–Kier alpha value is -1.88. The molecule has 0 saturated heterocycles. The van der Waals surface area contributed by atoms with Crippen LogP contribution >= 0.6 is 11.6 Å². The van der Waals surface area contributed by atoms with Crippen molar-refractivity contribution < 1.29 is 9.13 Å². The van der Waals surface area contributed by atoms with Crippen LogP contribution in [0.2, 0.25) is 5.28 Å². The molecule has 0 amide bonds. The number of rotatable bonds is 2. The van der Waals surface area contributed by atoms with E-state index in [9.17, 15) is 4.39 Å². The summed E-state index contributed by atoms with van der Waals surface area (Å²) in [6, 6.07) is 4.93. The van der Waals surface area contributed by atoms with Crippen molar-refractivity contribution in [1.82, 2.24) is 9.97 Å². The standard InChI is InChI=1S/C15H13ClFN3O/c16-15-18-8-13-14(19-15)20(5-6-21-13)12-4-3-10(17)7-11(12)9-1-2-9/h3-4,7-9H,1-2,5-6H2. The number of benzene rings is 1. The highest BCUT2D eigenvalue weighted by Crippen LogP contribution is 2.47. The van der Waals surface area contributed by atoms with Gasteiger partial charge in [0, 0.05) is 5.69 Å². The van der Waals surface area contributed by atoms with E-state index in [2.05, 4.69) is 9.97 Å². The van der Waals surface area contributed by atoms with E-state index in [1.807, 2.05) is 11.0 Å². The molecule has 0 N–H and O–H groups in total. The molecule has 108 valence electrons. The highest BCUT2D eigenvalue weighted by atomic mass is 35.5. The Morgan fingerprint density at radius 3 is 3.00 bits per heavy atom. The second-order valence-electron chi connectivity index (χ2n) is 5.30. The van der Waals surface area contributed by atoms with Gasteiger partial charge in [-0.3, -0.25) is 0 Å². The first-order valence-corrected chi connectivity index (χ1v) is 7.32. The van der Waals surface area contributed by atoms with Gasteiger partial charge in [-0.2, -0.15) is 4.98 Å². The van der Waals surface area contributed by atoms with Gasteiger partial charge < -0.3 is 9.64 Å². The predicted molar refractivity (Wildman–Crippen MR) is 77.9 cm³/mol. The molecular formula is C15H13ClFN3O. The third kappa shape index (κ3) is 2.31. The molecule has 2 aromatic rings. The van der Waals surface area contributed by atoms with Crippen LogP contribution in [-0.4, -0.2) is 23.1 Å². The van der Waals surface area contributed by atoms with E-state index >= 15 is 0 Å². The number of hydrogen-bond acceptors (Lipinski definition) is 4. The molecule has 4 nitrogen and oxygen atoms in total. The minimum Gasteiger partial charge on any atom is -0.486 e. The van der Waals surface area contributed by atoms with Gasteiger partial charge in [0.15, 0.2) is 11.6 Å². The zero-order chi connectivity index (χ0) is 14.4. The summed E-state index contributed by atoms with van der Waals surface area (Å²) in [7, 11) is 0. The van der Waals surface area contributed by atoms with Crippen LogP contribution in [0.15, 0.2) is 24.4 Å². The van der Waals surface area contributed by atoms with Gasteiger partial charge >= 0.3 is 0 Å². The molecule has 0 radical (unpaired) electrons. The summed E-state index contributed by atoms with van der Waals surface area (Å²) in [4.78, 5) is 10.3. The smallest absolute Gasteiger partial charge is 0.224 e. The Morgan fingerprint density at radius 2 is 2.19 bits per heavy atom. The molecule has 6 heteroatoms. The Balaban J connectivity index is 1.83. The summed E-state index contributed by atoms with van der Waals surface area (Å²) in [5.41, 5.74) is 2.02. The first-order valence-electron chi connectivity index (χ1n) is 6.95. The summed E-state index contributed by atoms with van der Waals surface area (Å²) in [5.74, 6) is 1.50. The number of nitrogens with zero attached hydrogens (tertiary/aromatic N) is 3. The molecule has 0 atom stereocenters. The molecule has 1 aromatic heterocycles. The van der Waals surface area contributed by atoms with Gasteiger partial charge in [-0.05, 0) is 54.1 Å². The third-order valence-corrected chi connectivity index (χ3v) is 4.01. The number of fused-ring (bicyclic) bond motifs is 1. The molecule has 21 heavy (non-hydrogen) atoms. The van der Waals surface area contributed by atoms with Gasteiger partial charge in [0.05, 0.1) is 12.7 Å². The SMILES string of the molecule is Fc1ccc(N2CCOc3cnc(Cl)nc32)c(C2CC2)c1. The Bertz CT molecular complexity index is 705. The Morgan fingerprint density at radius 1 is 1.33 bits per heavy atom. The average molecular weight is 306 g/mol. The Labute approximate surface area is 126 Å². The van der Waals surface area contributed by atoms with E-state index in [0.29, 0.717) is 30.6 Å². The maximum Gasteiger partial charge on any atom is 0.224 e. The van der Waals surface area contributed by atoms with Crippen molar-refractivity contribution in [2.24, 2.45) is 0 Å². The van der Waals surface area contributed by atoms with E-state index in [1.165, 1.54) is 6.07 Å². The normalized spacial score (nSPS) is 17.3. The summed E-state index contributed by atoms with van der Waals surface area (Å²) < 4.78 is 19.1. The minimum atomic E-state index is -0.199. The lowest BCUT2D eigenvalue weighted by Gasteiger charge is -2.31. The first-order chi connectivity index (χ1) is 10.2. The molecule has 0 bridgehead atoms. The molecule has 1 aliphatic carbocycles. The van der Waals surface area contributed by atoms with Crippen LogP contribution in [0.4, 0.5) is 15.9 Å². The molecule has 1 fully saturated rings. The van der Waals surface area contributed by atoms with Crippen LogP contribution in [-0.2, 0) is 0 Å². The molecule has 4 rings (SSSR count). The van der Waals surface area contributed by atoms with Crippen molar-refractivity contribution in [3.8, 4) is 5.75 Å². The van der Waals surface area contributed by atoms with E-state index in [0.717, 1.165) is 24.1 Å². The third-order valence-electron chi connectivity index (χ3n) is 3.83. The minimum absolute atomic E-state index is 0.180. The number of halogens is 2. The monoisotopic (exact) mass is 305 g/mol. The largest absolute Gasteiger partial charge is 0.486 e. The van der Waals surface area contributed by atoms with E-state index in [4.69, 9.17) is 16.3 Å². The fraction of sp³-hybridized carbons (Fsp3) is 0.333. The zero-order valence-electron chi connectivity index (χ0n) is 11.2. The molecule has 0 spiro atoms. The topological polar surface area (TPSA) is 38.2 Å². The van der Waals surface area contributed by atoms with E-state index in [-0.39, 0.29) is 11.1 Å². The van der Waals surface area contributed by atoms with Crippen molar-refractivity contribution in [2.75, 3.05) is 18.1 Å². The fourth-order valence-electron chi connectivity index (χ4n) is 2.72. The summed E-state index contributed by atoms with van der Waals surface area (Å²) >= 11 is 5.90. The first kappa shape index (κ1) is 12.8. The summed E-state index contributed by atoms with van der Waals surface area (Å²) in [6.45, 7) is 1.20. The lowest BCUT2D eigenvalue weighted by Crippen LogP contribution is -2.30. The molecule has 2 aliphatic rings. The molecular weight excluding hydrogens is 293 g/mol. The van der Waals surface area contributed by atoms with Crippen molar-refractivity contribution >= 4 is 23.1 Å². The number of ether oxygens (including phenoxy) is 1. The van der Waals surface area contributed by atoms with Gasteiger partial charge in [0.1, 0.15) is 12.4 Å². The maximum absolute atomic E-state index is 13.6. The van der Waals surface area contributed by atoms with Gasteiger partial charge in [-0.15, -0.1) is 0 Å². The maximum atomic E-state index is 13.6. The van der Waals surface area contributed by atoms with E-state index < -0.39 is 0 Å². The predicted octanol–water partition coefficient (Wildman–Crippen LogP) is 3.68. The van der Waals surface area contributed by atoms with Crippen LogP contribution in [0, 0.1) is 5.82 Å². The molecule has 2 heterocycles. The zero-order valence-corrected chi connectivity index (χ0v) is 12.0. The lowest BCUT2D eigenvalue weighted by atomic mass is 10.1. The highest BCUT2D eigenvalue weighted by Gasteiger charge is 2.31. The van der Waals surface area contributed by atoms with Crippen molar-refractivity contribution in [1.29, 1.82) is 0 Å². The van der Waals surface area contributed by atoms with Crippen LogP contribution in [0.3, 0.4) is 0 Å². The number of hydrogen-bond donors (Lipinski definition) is 0. The van der Waals surface area contributed by atoms with Crippen LogP contribution in [0.25, 0.3) is 0 Å². The second-order valence-corrected chi connectivity index (χ2v) is 5.64. The number of anilines is 2. The molecule has 0 unspecified atom stereocenters. The highest BCUT2D eigenvalue weighted by molar-refractivity contribution is 6.28. The van der Waals surface area contributed by atoms with Crippen LogP contribution in [0.1, 0.15) is 24.3 Å². The lowest BCUT2D eigenvalue weighted by molar-refractivity contribution is 0.310. The summed E-state index contributed by atoms with van der Waals surface area (Å²) in [5, 5.41) is 0.180. The van der Waals surface area contributed by atoms with Gasteiger partial charge in [0.25, 0.3) is 0 Å². The molecule has 1 aromatic carbocycles. The van der Waals surface area contributed by atoms with Gasteiger partial charge in [-0.1, -0.05) is 0 Å². The number of aromatic nitrogens is 2. The second kappa shape index (κ2) is 4.84. The van der Waals surface area contributed by atoms with Crippen molar-refractivity contribution in [3.63, 3.8) is 0 Å². The quantitative estimate of drug-likeness (QED) is 0.793. The Kier molecular flexibility index (Phi) is 2.96. The molecule has 1 saturated carbocycles. The molecule has 1 aliphatic heterocycles. The average Bonchev–Trinajstić information content (AvgIpc) is 3.31. The van der Waals surface area contributed by atoms with E-state index in [1.54, 1.807) is 12.3 Å². The fourth-order valence-corrected chi connectivity index (χ4v) is 2.84. The van der Waals surface area contributed by atoms with Crippen LogP contribution in [0.5, 0.6) is 5.75 Å². The summed E-state index contributed by atoms with van der Waals surface area (Å²) in [6.07, 6.45) is 3.80. The van der Waals surface area contributed by atoms with Gasteiger partial charge in [0.2, 0.25) is 5.28 Å². The van der Waals surface area contributed by atoms with Crippen LogP contribution < -0.4 is 9.64 Å². The van der Waals surface area contributed by atoms with Crippen molar-refractivity contribution in [2.45, 2.75) is 18.8 Å². The van der Waals surface area contributed by atoms with Gasteiger partial charge in [-0.25, -0.2) is 9.37 Å². The van der Waals surface area contributed by atoms with Crippen molar-refractivity contribution in [3.05, 3.63) is 41.1 Å².